The summed E-state index contributed by atoms with van der Waals surface area (Å²) in [6, 6.07) is 21.5. The van der Waals surface area contributed by atoms with Crippen molar-refractivity contribution in [3.8, 4) is 0 Å². The molecule has 1 unspecified atom stereocenters. The minimum Gasteiger partial charge on any atom is -0.302 e. The van der Waals surface area contributed by atoms with Gasteiger partial charge in [-0.2, -0.15) is 0 Å². The van der Waals surface area contributed by atoms with Gasteiger partial charge in [0, 0.05) is 19.6 Å². The second kappa shape index (κ2) is 6.61. The van der Waals surface area contributed by atoms with Crippen LogP contribution in [0.25, 0.3) is 0 Å². The Bertz CT molecular complexity index is 518. The molecule has 1 fully saturated rings. The van der Waals surface area contributed by atoms with E-state index in [1.807, 2.05) is 0 Å². The van der Waals surface area contributed by atoms with E-state index in [1.165, 1.54) is 11.1 Å². The average molecular weight is 301 g/mol. The molecule has 0 aromatic heterocycles. The highest BCUT2D eigenvalue weighted by Crippen LogP contribution is 2.32. The van der Waals surface area contributed by atoms with Crippen LogP contribution >= 0.6 is 11.6 Å². The summed E-state index contributed by atoms with van der Waals surface area (Å²) in [6.07, 6.45) is 0. The van der Waals surface area contributed by atoms with E-state index in [0.29, 0.717) is 0 Å². The summed E-state index contributed by atoms with van der Waals surface area (Å²) in [5.74, 6) is 0. The van der Waals surface area contributed by atoms with E-state index in [2.05, 4.69) is 77.5 Å². The molecule has 0 aliphatic carbocycles. The van der Waals surface area contributed by atoms with Crippen LogP contribution < -0.4 is 0 Å². The Balaban J connectivity index is 1.97. The van der Waals surface area contributed by atoms with Crippen LogP contribution in [-0.4, -0.2) is 42.0 Å². The summed E-state index contributed by atoms with van der Waals surface area (Å²) in [5, 5.41) is 0. The minimum atomic E-state index is 0.0363. The largest absolute Gasteiger partial charge is 0.302 e. The molecule has 110 valence electrons. The first kappa shape index (κ1) is 14.6. The van der Waals surface area contributed by atoms with Crippen molar-refractivity contribution in [3.05, 3.63) is 71.8 Å². The molecule has 0 bridgehead atoms. The summed E-state index contributed by atoms with van der Waals surface area (Å²) in [4.78, 5) is 4.70. The molecule has 1 aliphatic rings. The Hall–Kier alpha value is -1.35. The lowest BCUT2D eigenvalue weighted by molar-refractivity contribution is 0.106. The van der Waals surface area contributed by atoms with Crippen molar-refractivity contribution in [2.45, 2.75) is 11.5 Å². The molecule has 0 amide bonds. The molecular weight excluding hydrogens is 280 g/mol. The number of piperazine rings is 1. The summed E-state index contributed by atoms with van der Waals surface area (Å²) >= 11 is 6.66. The maximum Gasteiger partial charge on any atom is 0.0986 e. The zero-order valence-electron chi connectivity index (χ0n) is 12.3. The molecule has 1 atom stereocenters. The van der Waals surface area contributed by atoms with Gasteiger partial charge in [-0.05, 0) is 18.2 Å². The molecular formula is C18H21ClN2. The third-order valence-corrected chi connectivity index (χ3v) is 4.51. The van der Waals surface area contributed by atoms with Gasteiger partial charge in [-0.15, -0.1) is 11.6 Å². The van der Waals surface area contributed by atoms with E-state index in [1.54, 1.807) is 0 Å². The van der Waals surface area contributed by atoms with Gasteiger partial charge in [0.1, 0.15) is 0 Å². The van der Waals surface area contributed by atoms with Gasteiger partial charge in [0.05, 0.1) is 11.5 Å². The van der Waals surface area contributed by atoms with Crippen LogP contribution in [0.3, 0.4) is 0 Å². The van der Waals surface area contributed by atoms with Crippen LogP contribution in [0.15, 0.2) is 60.7 Å². The highest BCUT2D eigenvalue weighted by molar-refractivity contribution is 6.20. The van der Waals surface area contributed by atoms with Crippen LogP contribution in [0.1, 0.15) is 17.2 Å². The van der Waals surface area contributed by atoms with Gasteiger partial charge in [-0.3, -0.25) is 4.90 Å². The number of hydrogen-bond donors (Lipinski definition) is 0. The highest BCUT2D eigenvalue weighted by atomic mass is 35.5. The van der Waals surface area contributed by atoms with Gasteiger partial charge in [0.15, 0.2) is 0 Å². The van der Waals surface area contributed by atoms with Crippen LogP contribution in [0.2, 0.25) is 0 Å². The number of benzene rings is 2. The number of nitrogens with zero attached hydrogens (tertiary/aromatic N) is 2. The second-order valence-corrected chi connectivity index (χ2v) is 6.16. The first-order chi connectivity index (χ1) is 10.3. The van der Waals surface area contributed by atoms with E-state index < -0.39 is 0 Å². The van der Waals surface area contributed by atoms with Crippen molar-refractivity contribution in [1.29, 1.82) is 0 Å². The summed E-state index contributed by atoms with van der Waals surface area (Å²) in [5.41, 5.74) is 2.65. The van der Waals surface area contributed by atoms with Crippen molar-refractivity contribution in [1.82, 2.24) is 9.80 Å². The number of rotatable bonds is 3. The zero-order chi connectivity index (χ0) is 14.7. The molecule has 3 rings (SSSR count). The topological polar surface area (TPSA) is 6.48 Å². The Labute approximate surface area is 131 Å². The molecule has 1 aliphatic heterocycles. The Morgan fingerprint density at radius 3 is 1.90 bits per heavy atom. The predicted octanol–water partition coefficient (Wildman–Crippen LogP) is 3.59. The van der Waals surface area contributed by atoms with Crippen LogP contribution in [-0.2, 0) is 0 Å². The molecule has 2 aromatic carbocycles. The molecule has 1 heterocycles. The van der Waals surface area contributed by atoms with E-state index in [0.717, 1.165) is 19.6 Å². The molecule has 0 N–H and O–H groups in total. The molecule has 2 aromatic rings. The van der Waals surface area contributed by atoms with E-state index >= 15 is 0 Å². The van der Waals surface area contributed by atoms with E-state index in [9.17, 15) is 0 Å². The Kier molecular flexibility index (Phi) is 4.59. The number of halogens is 1. The van der Waals surface area contributed by atoms with Gasteiger partial charge in [-0.25, -0.2) is 0 Å². The first-order valence-corrected chi connectivity index (χ1v) is 7.87. The van der Waals surface area contributed by atoms with Gasteiger partial charge in [0.25, 0.3) is 0 Å². The Morgan fingerprint density at radius 2 is 1.43 bits per heavy atom. The predicted molar refractivity (Wildman–Crippen MR) is 88.6 cm³/mol. The maximum absolute atomic E-state index is 6.66. The Morgan fingerprint density at radius 1 is 0.905 bits per heavy atom. The average Bonchev–Trinajstić information content (AvgIpc) is 2.52. The molecule has 1 saturated heterocycles. The third kappa shape index (κ3) is 3.29. The normalized spacial score (nSPS) is 20.8. The molecule has 0 spiro atoms. The summed E-state index contributed by atoms with van der Waals surface area (Å²) in [6.45, 7) is 2.94. The number of alkyl halides is 1. The van der Waals surface area contributed by atoms with Crippen LogP contribution in [0.5, 0.6) is 0 Å². The molecule has 3 heteroatoms. The van der Waals surface area contributed by atoms with Crippen LogP contribution in [0, 0.1) is 0 Å². The number of hydrogen-bond acceptors (Lipinski definition) is 2. The second-order valence-electron chi connectivity index (χ2n) is 5.66. The number of likely N-dealkylation sites (N-methyl/N-ethyl adjacent to an activating group) is 1. The zero-order valence-corrected chi connectivity index (χ0v) is 13.1. The monoisotopic (exact) mass is 300 g/mol. The van der Waals surface area contributed by atoms with Crippen molar-refractivity contribution in [2.75, 3.05) is 26.7 Å². The van der Waals surface area contributed by atoms with E-state index in [4.69, 9.17) is 11.6 Å². The lowest BCUT2D eigenvalue weighted by Crippen LogP contribution is -2.50. The maximum atomic E-state index is 6.66. The molecule has 21 heavy (non-hydrogen) atoms. The minimum absolute atomic E-state index is 0.0363. The van der Waals surface area contributed by atoms with Gasteiger partial charge in [0.2, 0.25) is 0 Å². The lowest BCUT2D eigenvalue weighted by atomic mass is 9.96. The van der Waals surface area contributed by atoms with Gasteiger partial charge >= 0.3 is 0 Å². The molecule has 2 nitrogen and oxygen atoms in total. The fourth-order valence-corrected chi connectivity index (χ4v) is 3.46. The van der Waals surface area contributed by atoms with Crippen molar-refractivity contribution in [3.63, 3.8) is 0 Å². The van der Waals surface area contributed by atoms with Gasteiger partial charge < -0.3 is 4.90 Å². The summed E-state index contributed by atoms with van der Waals surface area (Å²) in [7, 11) is 2.13. The quantitative estimate of drug-likeness (QED) is 0.631. The van der Waals surface area contributed by atoms with Gasteiger partial charge in [-0.1, -0.05) is 60.7 Å². The van der Waals surface area contributed by atoms with Crippen molar-refractivity contribution < 1.29 is 0 Å². The fraction of sp³-hybridized carbons (Fsp3) is 0.333. The lowest BCUT2D eigenvalue weighted by Gasteiger charge is -2.42. The third-order valence-electron chi connectivity index (χ3n) is 4.12. The fourth-order valence-electron chi connectivity index (χ4n) is 3.02. The first-order valence-electron chi connectivity index (χ1n) is 7.44. The van der Waals surface area contributed by atoms with Crippen LogP contribution in [0.4, 0.5) is 0 Å². The smallest absolute Gasteiger partial charge is 0.0986 e. The molecule has 0 saturated carbocycles. The van der Waals surface area contributed by atoms with E-state index in [-0.39, 0.29) is 11.5 Å². The SMILES string of the molecule is CN1CCN(C(c2ccccc2)c2ccccc2)C(Cl)C1. The standard InChI is InChI=1S/C18H21ClN2/c1-20-12-13-21(17(19)14-20)18(15-8-4-2-5-9-15)16-10-6-3-7-11-16/h2-11,17-18H,12-14H2,1H3. The van der Waals surface area contributed by atoms with Crippen molar-refractivity contribution in [2.24, 2.45) is 0 Å². The highest BCUT2D eigenvalue weighted by Gasteiger charge is 2.31. The van der Waals surface area contributed by atoms with Crippen molar-refractivity contribution >= 4 is 11.6 Å². The molecule has 0 radical (unpaired) electrons. The summed E-state index contributed by atoms with van der Waals surface area (Å²) < 4.78 is 0.